The van der Waals surface area contributed by atoms with Gasteiger partial charge in [0.25, 0.3) is 0 Å². The van der Waals surface area contributed by atoms with Gasteiger partial charge in [0.05, 0.1) is 16.6 Å². The average molecular weight is 460 g/mol. The minimum Gasteiger partial charge on any atom is -0.489 e. The van der Waals surface area contributed by atoms with Crippen molar-refractivity contribution in [2.24, 2.45) is 0 Å². The lowest BCUT2D eigenvalue weighted by Crippen LogP contribution is -2.37. The molecule has 1 amide bonds. The van der Waals surface area contributed by atoms with E-state index in [1.807, 2.05) is 6.92 Å². The Morgan fingerprint density at radius 2 is 1.83 bits per heavy atom. The molecule has 5 nitrogen and oxygen atoms in total. The number of ether oxygens (including phenoxy) is 1. The maximum atomic E-state index is 12.3. The highest BCUT2D eigenvalue weighted by atomic mass is 35.5. The van der Waals surface area contributed by atoms with Gasteiger partial charge in [-0.2, -0.15) is 0 Å². The molecule has 0 aliphatic heterocycles. The molecule has 159 valence electrons. The van der Waals surface area contributed by atoms with E-state index in [1.165, 1.54) is 43.0 Å². The molecule has 1 aromatic carbocycles. The smallest absolute Gasteiger partial charge is 0.329 e. The number of carbonyl (C=O) groups is 1. The minimum absolute atomic E-state index is 0.152. The molecule has 1 aromatic heterocycles. The molecule has 1 radical (unpaired) electrons. The lowest BCUT2D eigenvalue weighted by Gasteiger charge is -2.22. The van der Waals surface area contributed by atoms with Crippen LogP contribution in [0.15, 0.2) is 30.9 Å². The predicted molar refractivity (Wildman–Crippen MR) is 119 cm³/mol. The maximum absolute atomic E-state index is 12.3. The molecule has 0 spiro atoms. The molecule has 0 saturated heterocycles. The van der Waals surface area contributed by atoms with Crippen LogP contribution in [-0.2, 0) is 0 Å². The second-order valence-corrected chi connectivity index (χ2v) is 7.96. The van der Waals surface area contributed by atoms with Crippen molar-refractivity contribution in [2.75, 3.05) is 19.7 Å². The van der Waals surface area contributed by atoms with E-state index < -0.39 is 0 Å². The van der Waals surface area contributed by atoms with Gasteiger partial charge < -0.3 is 9.64 Å². The van der Waals surface area contributed by atoms with Crippen molar-refractivity contribution in [3.8, 4) is 5.75 Å². The molecule has 1 aliphatic rings. The molecule has 29 heavy (non-hydrogen) atoms. The van der Waals surface area contributed by atoms with Gasteiger partial charge in [-0.3, -0.25) is 4.57 Å². The number of hydrogen-bond acceptors (Lipinski definition) is 3. The number of benzene rings is 1. The molecule has 0 bridgehead atoms. The Morgan fingerprint density at radius 1 is 1.14 bits per heavy atom. The molecule has 1 saturated carbocycles. The quantitative estimate of drug-likeness (QED) is 0.479. The first kappa shape index (κ1) is 23.8. The van der Waals surface area contributed by atoms with Crippen molar-refractivity contribution in [1.82, 2.24) is 14.5 Å². The summed E-state index contributed by atoms with van der Waals surface area (Å²) in [6, 6.07) is 2.97. The fourth-order valence-electron chi connectivity index (χ4n) is 2.93. The van der Waals surface area contributed by atoms with E-state index in [1.54, 1.807) is 29.4 Å². The number of nitrogens with zero attached hydrogens (tertiary/aromatic N) is 3. The summed E-state index contributed by atoms with van der Waals surface area (Å²) in [5.41, 5.74) is 0. The molecular weight excluding hydrogens is 433 g/mol. The number of amides is 1. The third-order valence-electron chi connectivity index (χ3n) is 4.38. The summed E-state index contributed by atoms with van der Waals surface area (Å²) in [5.74, 6) is 0.365. The summed E-state index contributed by atoms with van der Waals surface area (Å²) in [7, 11) is 0. The topological polar surface area (TPSA) is 47.4 Å². The highest BCUT2D eigenvalue weighted by Crippen LogP contribution is 2.35. The summed E-state index contributed by atoms with van der Waals surface area (Å²) in [6.45, 7) is 3.28. The molecule has 1 fully saturated rings. The van der Waals surface area contributed by atoms with Crippen molar-refractivity contribution in [1.29, 1.82) is 0 Å². The van der Waals surface area contributed by atoms with Gasteiger partial charge in [0, 0.05) is 24.0 Å². The van der Waals surface area contributed by atoms with Crippen LogP contribution in [-0.4, -0.2) is 40.2 Å². The zero-order chi connectivity index (χ0) is 21.1. The van der Waals surface area contributed by atoms with Crippen LogP contribution < -0.4 is 4.74 Å². The SMILES string of the molecule is CCCN(CCOc1c(Cl)cc(Cl)cc1Cl)C(=O)n1ccnc1.[CH]1CCCCC1. The zero-order valence-corrected chi connectivity index (χ0v) is 18.9. The molecule has 0 unspecified atom stereocenters. The summed E-state index contributed by atoms with van der Waals surface area (Å²) < 4.78 is 7.05. The second-order valence-electron chi connectivity index (χ2n) is 6.71. The number of rotatable bonds is 6. The van der Waals surface area contributed by atoms with Crippen molar-refractivity contribution in [3.63, 3.8) is 0 Å². The number of aromatic nitrogens is 2. The number of carbonyl (C=O) groups excluding carboxylic acids is 1. The number of imidazole rings is 1. The van der Waals surface area contributed by atoms with Crippen molar-refractivity contribution in [3.05, 3.63) is 52.3 Å². The van der Waals surface area contributed by atoms with E-state index in [2.05, 4.69) is 11.4 Å². The Hall–Kier alpha value is -1.43. The molecule has 1 heterocycles. The van der Waals surface area contributed by atoms with E-state index in [4.69, 9.17) is 39.5 Å². The van der Waals surface area contributed by atoms with Crippen LogP contribution in [0.2, 0.25) is 15.1 Å². The maximum Gasteiger partial charge on any atom is 0.329 e. The standard InChI is InChI=1S/C15H16Cl3N3O2.C6H11/c1-2-4-20(15(22)21-5-3-19-10-21)6-7-23-14-12(17)8-11(16)9-13(14)18;1-2-4-6-5-3-1/h3,5,8-10H,2,4,6-7H2,1H3;1H,2-6H2. The van der Waals surface area contributed by atoms with Crippen LogP contribution in [0.4, 0.5) is 4.79 Å². The molecule has 8 heteroatoms. The van der Waals surface area contributed by atoms with E-state index in [0.717, 1.165) is 6.42 Å². The molecule has 3 rings (SSSR count). The Balaban J connectivity index is 0.000000426. The highest BCUT2D eigenvalue weighted by molar-refractivity contribution is 6.40. The van der Waals surface area contributed by atoms with Gasteiger partial charge in [-0.25, -0.2) is 9.78 Å². The summed E-state index contributed by atoms with van der Waals surface area (Å²) >= 11 is 18.0. The molecule has 0 N–H and O–H groups in total. The van der Waals surface area contributed by atoms with Gasteiger partial charge in [-0.05, 0) is 25.0 Å². The first-order chi connectivity index (χ1) is 14.0. The van der Waals surface area contributed by atoms with E-state index in [0.29, 0.717) is 33.9 Å². The molecular formula is C21H27Cl3N3O2. The largest absolute Gasteiger partial charge is 0.489 e. The Labute approximate surface area is 187 Å². The highest BCUT2D eigenvalue weighted by Gasteiger charge is 2.15. The van der Waals surface area contributed by atoms with Gasteiger partial charge in [-0.15, -0.1) is 0 Å². The first-order valence-electron chi connectivity index (χ1n) is 9.89. The zero-order valence-electron chi connectivity index (χ0n) is 16.6. The molecule has 1 aliphatic carbocycles. The van der Waals surface area contributed by atoms with Crippen LogP contribution in [0.1, 0.15) is 45.4 Å². The Kier molecular flexibility index (Phi) is 10.7. The first-order valence-corrected chi connectivity index (χ1v) is 11.0. The monoisotopic (exact) mass is 458 g/mol. The lowest BCUT2D eigenvalue weighted by atomic mass is 10.0. The summed E-state index contributed by atoms with van der Waals surface area (Å²) in [4.78, 5) is 17.9. The van der Waals surface area contributed by atoms with E-state index in [9.17, 15) is 4.79 Å². The van der Waals surface area contributed by atoms with E-state index >= 15 is 0 Å². The summed E-state index contributed by atoms with van der Waals surface area (Å²) in [5, 5.41) is 1.12. The lowest BCUT2D eigenvalue weighted by molar-refractivity contribution is 0.184. The van der Waals surface area contributed by atoms with Gasteiger partial charge in [0.15, 0.2) is 5.75 Å². The predicted octanol–water partition coefficient (Wildman–Crippen LogP) is 6.76. The molecule has 2 aromatic rings. The van der Waals surface area contributed by atoms with E-state index in [-0.39, 0.29) is 12.6 Å². The van der Waals surface area contributed by atoms with Crippen molar-refractivity contribution in [2.45, 2.75) is 45.4 Å². The molecule has 0 atom stereocenters. The Morgan fingerprint density at radius 3 is 2.31 bits per heavy atom. The van der Waals surface area contributed by atoms with Crippen molar-refractivity contribution < 1.29 is 9.53 Å². The third-order valence-corrected chi connectivity index (χ3v) is 5.16. The van der Waals surface area contributed by atoms with Gasteiger partial charge in [-0.1, -0.05) is 73.8 Å². The van der Waals surface area contributed by atoms with Crippen LogP contribution in [0.25, 0.3) is 0 Å². The second kappa shape index (κ2) is 13.0. The fourth-order valence-corrected chi connectivity index (χ4v) is 3.86. The van der Waals surface area contributed by atoms with Gasteiger partial charge >= 0.3 is 6.03 Å². The minimum atomic E-state index is -0.152. The average Bonchev–Trinajstić information content (AvgIpc) is 3.25. The van der Waals surface area contributed by atoms with Crippen LogP contribution in [0.5, 0.6) is 5.75 Å². The third kappa shape index (κ3) is 8.07. The number of halogens is 3. The fraction of sp³-hybridized carbons (Fsp3) is 0.476. The van der Waals surface area contributed by atoms with Gasteiger partial charge in [0.2, 0.25) is 0 Å². The van der Waals surface area contributed by atoms with Crippen LogP contribution in [0.3, 0.4) is 0 Å². The normalized spacial score (nSPS) is 13.4. The van der Waals surface area contributed by atoms with Crippen LogP contribution in [0, 0.1) is 6.42 Å². The van der Waals surface area contributed by atoms with Crippen LogP contribution >= 0.6 is 34.8 Å². The van der Waals surface area contributed by atoms with Crippen molar-refractivity contribution >= 4 is 40.8 Å². The Bertz CT molecular complexity index is 715. The number of hydrogen-bond donors (Lipinski definition) is 0. The summed E-state index contributed by atoms with van der Waals surface area (Å²) in [6.07, 6.45) is 15.0. The van der Waals surface area contributed by atoms with Gasteiger partial charge in [0.1, 0.15) is 12.9 Å².